The van der Waals surface area contributed by atoms with E-state index in [0.29, 0.717) is 25.3 Å². The fraction of sp³-hybridized carbons (Fsp3) is 0.462. The van der Waals surface area contributed by atoms with Gasteiger partial charge in [-0.3, -0.25) is 19.2 Å². The lowest BCUT2D eigenvalue weighted by molar-refractivity contribution is -0.137. The van der Waals surface area contributed by atoms with Crippen molar-refractivity contribution in [1.82, 2.24) is 14.5 Å². The number of sulfonamides is 1. The highest BCUT2D eigenvalue weighted by Gasteiger charge is 2.31. The van der Waals surface area contributed by atoms with Crippen LogP contribution in [0.5, 0.6) is 5.75 Å². The van der Waals surface area contributed by atoms with E-state index in [2.05, 4.69) is 11.8 Å². The van der Waals surface area contributed by atoms with Gasteiger partial charge < -0.3 is 9.64 Å². The zero-order valence-corrected chi connectivity index (χ0v) is 22.0. The number of rotatable bonds is 9. The monoisotopic (exact) mass is 519 g/mol. The third-order valence-corrected chi connectivity index (χ3v) is 6.82. The minimum atomic E-state index is -3.66. The first-order valence-electron chi connectivity index (χ1n) is 11.9. The second kappa shape index (κ2) is 11.8. The molecule has 0 saturated carbocycles. The van der Waals surface area contributed by atoms with Gasteiger partial charge in [-0.2, -0.15) is 0 Å². The van der Waals surface area contributed by atoms with E-state index in [1.807, 2.05) is 35.6 Å². The van der Waals surface area contributed by atoms with Gasteiger partial charge in [0.15, 0.2) is 6.61 Å². The maximum absolute atomic E-state index is 13.2. The molecule has 3 rings (SSSR count). The minimum absolute atomic E-state index is 0.0302. The summed E-state index contributed by atoms with van der Waals surface area (Å²) < 4.78 is 43.1. The van der Waals surface area contributed by atoms with Gasteiger partial charge >= 0.3 is 0 Å². The lowest BCUT2D eigenvalue weighted by Gasteiger charge is -2.44. The Morgan fingerprint density at radius 1 is 1.08 bits per heavy atom. The molecule has 10 heteroatoms. The second-order valence-electron chi connectivity index (χ2n) is 9.50. The van der Waals surface area contributed by atoms with Crippen LogP contribution in [-0.2, 0) is 32.6 Å². The van der Waals surface area contributed by atoms with Crippen LogP contribution in [0.3, 0.4) is 0 Å². The average Bonchev–Trinajstić information content (AvgIpc) is 2.79. The molecule has 2 atom stereocenters. The maximum atomic E-state index is 13.2. The molecule has 0 aromatic heterocycles. The molecule has 196 valence electrons. The molecule has 0 spiro atoms. The van der Waals surface area contributed by atoms with Crippen molar-refractivity contribution in [2.45, 2.75) is 52.2 Å². The Labute approximate surface area is 212 Å². The van der Waals surface area contributed by atoms with Gasteiger partial charge in [-0.1, -0.05) is 24.3 Å². The average molecular weight is 520 g/mol. The summed E-state index contributed by atoms with van der Waals surface area (Å²) in [5, 5.41) is 0. The third kappa shape index (κ3) is 8.03. The molecule has 2 aromatic carbocycles. The van der Waals surface area contributed by atoms with Gasteiger partial charge in [-0.25, -0.2) is 12.8 Å². The molecule has 1 aliphatic rings. The van der Waals surface area contributed by atoms with Gasteiger partial charge in [0.25, 0.3) is 5.91 Å². The summed E-state index contributed by atoms with van der Waals surface area (Å²) in [4.78, 5) is 29.2. The largest absolute Gasteiger partial charge is 0.483 e. The number of benzene rings is 2. The molecule has 2 amide bonds. The van der Waals surface area contributed by atoms with Crippen LogP contribution in [0.1, 0.15) is 37.0 Å². The molecule has 1 fully saturated rings. The fourth-order valence-corrected chi connectivity index (χ4v) is 4.83. The van der Waals surface area contributed by atoms with Crippen LogP contribution in [0, 0.1) is 12.7 Å². The van der Waals surface area contributed by atoms with Crippen LogP contribution >= 0.6 is 0 Å². The zero-order valence-electron chi connectivity index (χ0n) is 21.2. The Morgan fingerprint density at radius 3 is 2.44 bits per heavy atom. The highest BCUT2D eigenvalue weighted by Crippen LogP contribution is 2.24. The number of nitrogens with zero attached hydrogens (tertiary/aromatic N) is 2. The van der Waals surface area contributed by atoms with Crippen molar-refractivity contribution in [1.29, 1.82) is 0 Å². The second-order valence-corrected chi connectivity index (χ2v) is 11.2. The summed E-state index contributed by atoms with van der Waals surface area (Å²) in [5.41, 5.74) is 2.73. The van der Waals surface area contributed by atoms with Crippen LogP contribution in [0.2, 0.25) is 0 Å². The molecular formula is C26H34FN3O5S. The Kier molecular flexibility index (Phi) is 9.08. The number of piperazine rings is 1. The van der Waals surface area contributed by atoms with E-state index in [-0.39, 0.29) is 30.2 Å². The number of carbonyl (C=O) groups is 2. The van der Waals surface area contributed by atoms with Crippen LogP contribution in [-0.4, -0.2) is 68.1 Å². The van der Waals surface area contributed by atoms with Gasteiger partial charge in [0.1, 0.15) is 11.6 Å². The third-order valence-electron chi connectivity index (χ3n) is 6.22. The topological polar surface area (TPSA) is 96.0 Å². The molecule has 0 bridgehead atoms. The molecule has 1 heterocycles. The fourth-order valence-electron chi connectivity index (χ4n) is 4.36. The minimum Gasteiger partial charge on any atom is -0.483 e. The Morgan fingerprint density at radius 2 is 1.78 bits per heavy atom. The summed E-state index contributed by atoms with van der Waals surface area (Å²) in [5.74, 6) is -0.522. The van der Waals surface area contributed by atoms with E-state index in [0.717, 1.165) is 29.5 Å². The smallest absolute Gasteiger partial charge is 0.271 e. The summed E-state index contributed by atoms with van der Waals surface area (Å²) >= 11 is 0. The van der Waals surface area contributed by atoms with E-state index in [1.165, 1.54) is 12.1 Å². The number of aryl methyl sites for hydroxylation is 2. The van der Waals surface area contributed by atoms with Crippen molar-refractivity contribution >= 4 is 21.8 Å². The first-order chi connectivity index (χ1) is 16.9. The molecule has 2 aromatic rings. The van der Waals surface area contributed by atoms with Gasteiger partial charge in [0, 0.05) is 38.1 Å². The molecule has 36 heavy (non-hydrogen) atoms. The number of carbonyl (C=O) groups excluding carboxylic acids is 2. The van der Waals surface area contributed by atoms with Crippen LogP contribution < -0.4 is 9.46 Å². The summed E-state index contributed by atoms with van der Waals surface area (Å²) in [6.45, 7) is 7.58. The first kappa shape index (κ1) is 27.6. The van der Waals surface area contributed by atoms with Crippen LogP contribution in [0.25, 0.3) is 0 Å². The van der Waals surface area contributed by atoms with E-state index in [9.17, 15) is 22.4 Å². The summed E-state index contributed by atoms with van der Waals surface area (Å²) in [6.07, 6.45) is 1.61. The molecule has 0 unspecified atom stereocenters. The van der Waals surface area contributed by atoms with Crippen molar-refractivity contribution < 1.29 is 27.1 Å². The van der Waals surface area contributed by atoms with E-state index in [4.69, 9.17) is 4.74 Å². The molecule has 1 saturated heterocycles. The van der Waals surface area contributed by atoms with Crippen molar-refractivity contribution in [3.05, 3.63) is 65.0 Å². The number of nitrogens with one attached hydrogen (secondary N) is 1. The zero-order chi connectivity index (χ0) is 26.5. The first-order valence-corrected chi connectivity index (χ1v) is 13.8. The molecular weight excluding hydrogens is 485 g/mol. The molecule has 0 aliphatic carbocycles. The number of ether oxygens (including phenoxy) is 1. The van der Waals surface area contributed by atoms with Gasteiger partial charge in [0.2, 0.25) is 15.9 Å². The van der Waals surface area contributed by atoms with E-state index >= 15 is 0 Å². The predicted molar refractivity (Wildman–Crippen MR) is 135 cm³/mol. The lowest BCUT2D eigenvalue weighted by atomic mass is 10.0. The highest BCUT2D eigenvalue weighted by molar-refractivity contribution is 7.89. The maximum Gasteiger partial charge on any atom is 0.271 e. The highest BCUT2D eigenvalue weighted by atomic mass is 32.2. The Balaban J connectivity index is 1.57. The van der Waals surface area contributed by atoms with Gasteiger partial charge in [-0.05, 0) is 62.1 Å². The van der Waals surface area contributed by atoms with E-state index < -0.39 is 22.5 Å². The number of hydrogen-bond acceptors (Lipinski definition) is 6. The van der Waals surface area contributed by atoms with Crippen LogP contribution in [0.15, 0.2) is 42.5 Å². The SMILES string of the molecule is Cc1ccc(CCC(=O)N2C[C@H](C)N(Cc3ccc(F)cc3)C[C@H]2C)c(OCC(=O)NS(C)(=O)=O)c1. The number of halogens is 1. The predicted octanol–water partition coefficient (Wildman–Crippen LogP) is 2.64. The van der Waals surface area contributed by atoms with Gasteiger partial charge in [-0.15, -0.1) is 0 Å². The lowest BCUT2D eigenvalue weighted by Crippen LogP contribution is -2.57. The molecule has 1 aliphatic heterocycles. The normalized spacial score (nSPS) is 18.6. The Hall–Kier alpha value is -2.98. The Bertz CT molecular complexity index is 1190. The standard InChI is InChI=1S/C26H34FN3O5S/c1-18-5-8-22(24(13-18)35-17-25(31)28-36(4,33)34)9-12-26(32)30-15-19(2)29(14-20(30)3)16-21-6-10-23(27)11-7-21/h5-8,10-11,13,19-20H,9,12,14-17H2,1-4H3,(H,28,31)/t19-,20+/m0/s1. The molecule has 1 N–H and O–H groups in total. The van der Waals surface area contributed by atoms with Crippen LogP contribution in [0.4, 0.5) is 4.39 Å². The quantitative estimate of drug-likeness (QED) is 0.547. The summed E-state index contributed by atoms with van der Waals surface area (Å²) in [7, 11) is -3.66. The molecule has 8 nitrogen and oxygen atoms in total. The number of hydrogen-bond donors (Lipinski definition) is 1. The van der Waals surface area contributed by atoms with Crippen molar-refractivity contribution in [3.8, 4) is 5.75 Å². The van der Waals surface area contributed by atoms with Crippen molar-refractivity contribution in [2.75, 3.05) is 26.0 Å². The summed E-state index contributed by atoms with van der Waals surface area (Å²) in [6, 6.07) is 12.2. The van der Waals surface area contributed by atoms with E-state index in [1.54, 1.807) is 18.2 Å². The van der Waals surface area contributed by atoms with Gasteiger partial charge in [0.05, 0.1) is 6.26 Å². The van der Waals surface area contributed by atoms with Crippen molar-refractivity contribution in [2.24, 2.45) is 0 Å². The van der Waals surface area contributed by atoms with Crippen molar-refractivity contribution in [3.63, 3.8) is 0 Å². The number of amides is 2. The molecule has 0 radical (unpaired) electrons.